The number of hydrogen-bond donors (Lipinski definition) is 0. The van der Waals surface area contributed by atoms with Gasteiger partial charge in [-0.1, -0.05) is 0 Å². The molecule has 0 saturated carbocycles. The molecule has 0 saturated heterocycles. The Morgan fingerprint density at radius 1 is 1.15 bits per heavy atom. The van der Waals surface area contributed by atoms with E-state index in [1.54, 1.807) is 38.4 Å². The number of carbonyl (C=O) groups is 1. The van der Waals surface area contributed by atoms with Crippen LogP contribution in [-0.2, 0) is 11.3 Å². The molecule has 0 aliphatic rings. The van der Waals surface area contributed by atoms with Gasteiger partial charge in [-0.2, -0.15) is 4.21 Å². The number of carbonyl (C=O) groups excluding carboxylic acids is 1. The molecular formula is C19H17IN2O4S. The molecule has 0 spiro atoms. The Bertz CT molecular complexity index is 1020. The molecule has 0 aliphatic carbocycles. The van der Waals surface area contributed by atoms with Crippen LogP contribution < -0.4 is 13.2 Å². The normalized spacial score (nSPS) is 11.9. The molecule has 1 heterocycles. The van der Waals surface area contributed by atoms with Crippen LogP contribution in [0.3, 0.4) is 0 Å². The van der Waals surface area contributed by atoms with Crippen LogP contribution in [0.5, 0.6) is 11.5 Å². The summed E-state index contributed by atoms with van der Waals surface area (Å²) in [5, 5.41) is 0.740. The minimum atomic E-state index is -1.85. The van der Waals surface area contributed by atoms with Crippen LogP contribution in [0.15, 0.2) is 48.7 Å². The molecule has 1 unspecified atom stereocenters. The third-order valence-corrected chi connectivity index (χ3v) is 5.58. The number of benzene rings is 2. The van der Waals surface area contributed by atoms with E-state index in [9.17, 15) is 9.00 Å². The molecule has 0 fully saturated rings. The summed E-state index contributed by atoms with van der Waals surface area (Å²) in [5.74, 6) is 0.944. The Morgan fingerprint density at radius 3 is 2.44 bits per heavy atom. The fourth-order valence-electron chi connectivity index (χ4n) is 2.59. The molecule has 140 valence electrons. The van der Waals surface area contributed by atoms with Gasteiger partial charge in [0.15, 0.2) is 5.78 Å². The molecule has 0 aliphatic heterocycles. The van der Waals surface area contributed by atoms with E-state index < -0.39 is 11.3 Å². The Balaban J connectivity index is 2.01. The summed E-state index contributed by atoms with van der Waals surface area (Å²) in [6.07, 6.45) is 1.51. The zero-order chi connectivity index (χ0) is 19.6. The first-order valence-electron chi connectivity index (χ1n) is 7.98. The quantitative estimate of drug-likeness (QED) is 0.379. The maximum atomic E-state index is 12.8. The summed E-state index contributed by atoms with van der Waals surface area (Å²) in [7, 11) is 3.20. The Labute approximate surface area is 173 Å². The summed E-state index contributed by atoms with van der Waals surface area (Å²) in [4.78, 5) is 16.5. The molecule has 27 heavy (non-hydrogen) atoms. The predicted molar refractivity (Wildman–Crippen MR) is 115 cm³/mol. The third-order valence-electron chi connectivity index (χ3n) is 3.95. The SMILES string of the molecule is COc1ccc(OS(=O)N(C)c2c(C(C)=O)cnc3ccc(I)cc23)cc1. The van der Waals surface area contributed by atoms with Crippen LogP contribution in [0.4, 0.5) is 5.69 Å². The van der Waals surface area contributed by atoms with Crippen LogP contribution in [0.25, 0.3) is 10.9 Å². The lowest BCUT2D eigenvalue weighted by atomic mass is 10.1. The Hall–Kier alpha value is -2.20. The third kappa shape index (κ3) is 4.22. The van der Waals surface area contributed by atoms with Crippen molar-refractivity contribution in [3.05, 3.63) is 57.8 Å². The average Bonchev–Trinajstić information content (AvgIpc) is 2.66. The predicted octanol–water partition coefficient (Wildman–Crippen LogP) is 4.14. The number of pyridine rings is 1. The topological polar surface area (TPSA) is 68.7 Å². The highest BCUT2D eigenvalue weighted by Crippen LogP contribution is 2.32. The second-order valence-electron chi connectivity index (χ2n) is 5.71. The number of rotatable bonds is 6. The fraction of sp³-hybridized carbons (Fsp3) is 0.158. The highest BCUT2D eigenvalue weighted by Gasteiger charge is 2.21. The number of ketones is 1. The summed E-state index contributed by atoms with van der Waals surface area (Å²) < 4.78 is 25.9. The molecule has 6 nitrogen and oxygen atoms in total. The first kappa shape index (κ1) is 19.6. The van der Waals surface area contributed by atoms with Crippen LogP contribution >= 0.6 is 22.6 Å². The number of aromatic nitrogens is 1. The van der Waals surface area contributed by atoms with Gasteiger partial charge in [0.1, 0.15) is 11.5 Å². The van der Waals surface area contributed by atoms with E-state index in [1.807, 2.05) is 18.2 Å². The molecule has 0 amide bonds. The molecule has 2 aromatic carbocycles. The van der Waals surface area contributed by atoms with Gasteiger partial charge < -0.3 is 8.92 Å². The number of anilines is 1. The van der Waals surface area contributed by atoms with Crippen molar-refractivity contribution in [1.29, 1.82) is 0 Å². The number of Topliss-reactive ketones (excluding diaryl/α,β-unsaturated/α-hetero) is 1. The minimum Gasteiger partial charge on any atom is -0.497 e. The van der Waals surface area contributed by atoms with Gasteiger partial charge >= 0.3 is 11.3 Å². The lowest BCUT2D eigenvalue weighted by Crippen LogP contribution is -2.26. The van der Waals surface area contributed by atoms with Gasteiger partial charge in [0.05, 0.1) is 23.9 Å². The molecule has 0 radical (unpaired) electrons. The van der Waals surface area contributed by atoms with Gasteiger partial charge in [-0.3, -0.25) is 14.1 Å². The van der Waals surface area contributed by atoms with E-state index in [0.29, 0.717) is 28.3 Å². The summed E-state index contributed by atoms with van der Waals surface area (Å²) in [6.45, 7) is 1.46. The summed E-state index contributed by atoms with van der Waals surface area (Å²) >= 11 is 0.335. The van der Waals surface area contributed by atoms with Crippen LogP contribution in [0.1, 0.15) is 17.3 Å². The summed E-state index contributed by atoms with van der Waals surface area (Å²) in [5.41, 5.74) is 1.63. The smallest absolute Gasteiger partial charge is 0.318 e. The van der Waals surface area contributed by atoms with Crippen molar-refractivity contribution in [3.8, 4) is 11.5 Å². The van der Waals surface area contributed by atoms with Crippen LogP contribution in [0.2, 0.25) is 0 Å². The standard InChI is InChI=1S/C19H17IN2O4S/c1-12(23)17-11-21-18-9-4-13(20)10-16(18)19(17)22(2)27(24)26-15-7-5-14(25-3)6-8-15/h4-11H,1-3H3. The second kappa shape index (κ2) is 8.22. The number of hydrogen-bond acceptors (Lipinski definition) is 5. The van der Waals surface area contributed by atoms with Gasteiger partial charge in [-0.15, -0.1) is 0 Å². The largest absolute Gasteiger partial charge is 0.497 e. The maximum absolute atomic E-state index is 12.8. The van der Waals surface area contributed by atoms with Crippen molar-refractivity contribution >= 4 is 56.2 Å². The molecule has 1 atom stereocenters. The number of nitrogens with zero attached hydrogens (tertiary/aromatic N) is 2. The molecule has 0 N–H and O–H groups in total. The van der Waals surface area contributed by atoms with E-state index in [2.05, 4.69) is 27.6 Å². The van der Waals surface area contributed by atoms with Crippen molar-refractivity contribution < 1.29 is 17.9 Å². The average molecular weight is 496 g/mol. The Kier molecular flexibility index (Phi) is 5.95. The zero-order valence-electron chi connectivity index (χ0n) is 14.9. The maximum Gasteiger partial charge on any atom is 0.318 e. The second-order valence-corrected chi connectivity index (χ2v) is 8.11. The zero-order valence-corrected chi connectivity index (χ0v) is 17.9. The van der Waals surface area contributed by atoms with Gasteiger partial charge in [-0.25, -0.2) is 0 Å². The number of methoxy groups -OCH3 is 1. The fourth-order valence-corrected chi connectivity index (χ4v) is 3.82. The van der Waals surface area contributed by atoms with Crippen LogP contribution in [0, 0.1) is 3.57 Å². The van der Waals surface area contributed by atoms with Gasteiger partial charge in [0.2, 0.25) is 0 Å². The Morgan fingerprint density at radius 2 is 1.81 bits per heavy atom. The van der Waals surface area contributed by atoms with Crippen molar-refractivity contribution in [2.45, 2.75) is 6.92 Å². The number of ether oxygens (including phenoxy) is 1. The van der Waals surface area contributed by atoms with E-state index in [0.717, 1.165) is 8.96 Å². The van der Waals surface area contributed by atoms with E-state index in [-0.39, 0.29) is 5.78 Å². The molecule has 8 heteroatoms. The molecular weight excluding hydrogens is 479 g/mol. The van der Waals surface area contributed by atoms with E-state index in [4.69, 9.17) is 8.92 Å². The van der Waals surface area contributed by atoms with Crippen LogP contribution in [-0.4, -0.2) is 29.1 Å². The highest BCUT2D eigenvalue weighted by molar-refractivity contribution is 14.1. The monoisotopic (exact) mass is 496 g/mol. The van der Waals surface area contributed by atoms with E-state index >= 15 is 0 Å². The molecule has 3 aromatic rings. The van der Waals surface area contributed by atoms with Gasteiger partial charge in [0.25, 0.3) is 0 Å². The lowest BCUT2D eigenvalue weighted by molar-refractivity contribution is 0.101. The van der Waals surface area contributed by atoms with Crippen molar-refractivity contribution in [3.63, 3.8) is 0 Å². The van der Waals surface area contributed by atoms with Gasteiger partial charge in [0, 0.05) is 22.2 Å². The number of halogens is 1. The number of fused-ring (bicyclic) bond motifs is 1. The van der Waals surface area contributed by atoms with Crippen molar-refractivity contribution in [2.75, 3.05) is 18.5 Å². The first-order valence-corrected chi connectivity index (χ1v) is 10.1. The molecule has 1 aromatic heterocycles. The molecule has 3 rings (SSSR count). The minimum absolute atomic E-state index is 0.161. The highest BCUT2D eigenvalue weighted by atomic mass is 127. The van der Waals surface area contributed by atoms with Crippen molar-refractivity contribution in [1.82, 2.24) is 4.98 Å². The van der Waals surface area contributed by atoms with Crippen molar-refractivity contribution in [2.24, 2.45) is 0 Å². The summed E-state index contributed by atoms with van der Waals surface area (Å²) in [6, 6.07) is 12.5. The van der Waals surface area contributed by atoms with E-state index in [1.165, 1.54) is 17.4 Å². The van der Waals surface area contributed by atoms with Gasteiger partial charge in [-0.05, 0) is 72.0 Å². The lowest BCUT2D eigenvalue weighted by Gasteiger charge is -2.21. The molecule has 0 bridgehead atoms. The first-order chi connectivity index (χ1) is 12.9.